The lowest BCUT2D eigenvalue weighted by Crippen LogP contribution is -2.38. The molecule has 14 heteroatoms. The molecule has 2 fully saturated rings. The quantitative estimate of drug-likeness (QED) is 0.515. The number of morpholine rings is 1. The fourth-order valence-corrected chi connectivity index (χ4v) is 5.32. The van der Waals surface area contributed by atoms with Crippen LogP contribution in [0, 0.1) is 5.92 Å². The number of nitrogens with two attached hydrogens (primary N) is 1. The SMILES string of the molecule is CS(=O)(=O)N1CCC(CC(=O)n2ncc3c(-c4cnc(N)nc4)nc(N4CCOCC4)nc32)CC1. The summed E-state index contributed by atoms with van der Waals surface area (Å²) in [6.07, 6.45) is 7.47. The lowest BCUT2D eigenvalue weighted by Gasteiger charge is -2.29. The normalized spacial score (nSPS) is 18.3. The van der Waals surface area contributed by atoms with Gasteiger partial charge in [0.1, 0.15) is 0 Å². The molecule has 3 aromatic heterocycles. The first-order valence-corrected chi connectivity index (χ1v) is 13.3. The maximum Gasteiger partial charge on any atom is 0.249 e. The molecule has 0 atom stereocenters. The average molecular weight is 502 g/mol. The Morgan fingerprint density at radius 3 is 2.43 bits per heavy atom. The van der Waals surface area contributed by atoms with Gasteiger partial charge in [-0.3, -0.25) is 4.79 Å². The van der Waals surface area contributed by atoms with Crippen LogP contribution in [0.1, 0.15) is 24.1 Å². The summed E-state index contributed by atoms with van der Waals surface area (Å²) < 4.78 is 31.8. The molecular weight excluding hydrogens is 474 g/mol. The van der Waals surface area contributed by atoms with Crippen LogP contribution in [0.2, 0.25) is 0 Å². The maximum atomic E-state index is 13.3. The van der Waals surface area contributed by atoms with E-state index < -0.39 is 10.0 Å². The minimum absolute atomic E-state index is 0.0743. The zero-order valence-electron chi connectivity index (χ0n) is 19.4. The van der Waals surface area contributed by atoms with Gasteiger partial charge in [-0.1, -0.05) is 0 Å². The zero-order chi connectivity index (χ0) is 24.6. The molecule has 13 nitrogen and oxygen atoms in total. The number of nitrogen functional groups attached to an aromatic ring is 1. The van der Waals surface area contributed by atoms with Gasteiger partial charge in [0.25, 0.3) is 0 Å². The number of hydrogen-bond acceptors (Lipinski definition) is 11. The van der Waals surface area contributed by atoms with Gasteiger partial charge in [0, 0.05) is 50.6 Å². The van der Waals surface area contributed by atoms with Crippen molar-refractivity contribution in [3.05, 3.63) is 18.6 Å². The van der Waals surface area contributed by atoms with Crippen molar-refractivity contribution in [2.75, 3.05) is 56.3 Å². The lowest BCUT2D eigenvalue weighted by atomic mass is 9.94. The van der Waals surface area contributed by atoms with E-state index in [-0.39, 0.29) is 24.2 Å². The number of sulfonamides is 1. The molecule has 0 amide bonds. The van der Waals surface area contributed by atoms with Crippen LogP contribution in [0.5, 0.6) is 0 Å². The number of nitrogens with zero attached hydrogens (tertiary/aromatic N) is 8. The van der Waals surface area contributed by atoms with Crippen molar-refractivity contribution >= 4 is 38.9 Å². The summed E-state index contributed by atoms with van der Waals surface area (Å²) >= 11 is 0. The molecular formula is C21H27N9O4S. The fraction of sp³-hybridized carbons (Fsp3) is 0.524. The number of ether oxygens (including phenoxy) is 1. The second kappa shape index (κ2) is 9.43. The summed E-state index contributed by atoms with van der Waals surface area (Å²) in [4.78, 5) is 32.9. The Morgan fingerprint density at radius 1 is 1.09 bits per heavy atom. The highest BCUT2D eigenvalue weighted by Gasteiger charge is 2.28. The maximum absolute atomic E-state index is 13.3. The zero-order valence-corrected chi connectivity index (χ0v) is 20.2. The van der Waals surface area contributed by atoms with Gasteiger partial charge < -0.3 is 15.4 Å². The van der Waals surface area contributed by atoms with Gasteiger partial charge in [-0.05, 0) is 18.8 Å². The van der Waals surface area contributed by atoms with Gasteiger partial charge in [0.05, 0.1) is 36.7 Å². The van der Waals surface area contributed by atoms with Crippen LogP contribution in [0.4, 0.5) is 11.9 Å². The van der Waals surface area contributed by atoms with E-state index in [9.17, 15) is 13.2 Å². The van der Waals surface area contributed by atoms with Gasteiger partial charge in [-0.15, -0.1) is 0 Å². The Hall–Kier alpha value is -3.23. The van der Waals surface area contributed by atoms with Gasteiger partial charge in [0.2, 0.25) is 27.8 Å². The molecule has 186 valence electrons. The lowest BCUT2D eigenvalue weighted by molar-refractivity contribution is 0.0852. The van der Waals surface area contributed by atoms with Crippen LogP contribution in [-0.2, 0) is 14.8 Å². The molecule has 3 aromatic rings. The molecule has 5 heterocycles. The molecule has 0 saturated carbocycles. The van der Waals surface area contributed by atoms with Crippen LogP contribution in [0.15, 0.2) is 18.6 Å². The Kier molecular flexibility index (Phi) is 6.34. The Morgan fingerprint density at radius 2 is 1.77 bits per heavy atom. The highest BCUT2D eigenvalue weighted by atomic mass is 32.2. The third-order valence-electron chi connectivity index (χ3n) is 6.40. The monoisotopic (exact) mass is 501 g/mol. The molecule has 0 aromatic carbocycles. The third-order valence-corrected chi connectivity index (χ3v) is 7.70. The van der Waals surface area contributed by atoms with Crippen LogP contribution in [-0.4, -0.2) is 94.0 Å². The van der Waals surface area contributed by atoms with E-state index in [0.29, 0.717) is 80.5 Å². The first-order chi connectivity index (χ1) is 16.8. The topological polar surface area (TPSA) is 162 Å². The van der Waals surface area contributed by atoms with Crippen molar-refractivity contribution in [3.63, 3.8) is 0 Å². The molecule has 0 spiro atoms. The average Bonchev–Trinajstić information content (AvgIpc) is 3.29. The molecule has 2 saturated heterocycles. The van der Waals surface area contributed by atoms with E-state index in [4.69, 9.17) is 20.4 Å². The number of carbonyl (C=O) groups is 1. The molecule has 0 bridgehead atoms. The molecule has 2 aliphatic heterocycles. The molecule has 5 rings (SSSR count). The third kappa shape index (κ3) is 4.94. The van der Waals surface area contributed by atoms with E-state index >= 15 is 0 Å². The Balaban J connectivity index is 1.46. The standard InChI is InChI=1S/C21H27N9O4S/c1-35(32,33)29-4-2-14(3-5-29)10-17(31)30-19-16(13-25-30)18(15-11-23-20(22)24-12-15)26-21(27-19)28-6-8-34-9-7-28/h11-14H,2-10H2,1H3,(H2,22,23,24). The second-order valence-corrected chi connectivity index (χ2v) is 10.8. The fourth-order valence-electron chi connectivity index (χ4n) is 4.44. The second-order valence-electron chi connectivity index (χ2n) is 8.80. The van der Waals surface area contributed by atoms with E-state index in [1.165, 1.54) is 15.2 Å². The molecule has 2 N–H and O–H groups in total. The summed E-state index contributed by atoms with van der Waals surface area (Å²) in [5.41, 5.74) is 7.27. The summed E-state index contributed by atoms with van der Waals surface area (Å²) in [6.45, 7) is 3.22. The smallest absolute Gasteiger partial charge is 0.249 e. The molecule has 0 aliphatic carbocycles. The summed E-state index contributed by atoms with van der Waals surface area (Å²) in [7, 11) is -3.22. The summed E-state index contributed by atoms with van der Waals surface area (Å²) in [5.74, 6) is 0.512. The van der Waals surface area contributed by atoms with Gasteiger partial charge in [0.15, 0.2) is 5.65 Å². The van der Waals surface area contributed by atoms with Crippen LogP contribution >= 0.6 is 0 Å². The van der Waals surface area contributed by atoms with Crippen molar-refractivity contribution in [1.82, 2.24) is 34.0 Å². The first kappa shape index (κ1) is 23.5. The molecule has 0 radical (unpaired) electrons. The van der Waals surface area contributed by atoms with E-state index in [1.54, 1.807) is 18.6 Å². The minimum atomic E-state index is -3.22. The number of anilines is 2. The van der Waals surface area contributed by atoms with E-state index in [1.807, 2.05) is 4.90 Å². The Bertz CT molecular complexity index is 1330. The van der Waals surface area contributed by atoms with Crippen LogP contribution in [0.3, 0.4) is 0 Å². The minimum Gasteiger partial charge on any atom is -0.378 e. The summed E-state index contributed by atoms with van der Waals surface area (Å²) in [6, 6.07) is 0. The van der Waals surface area contributed by atoms with Gasteiger partial charge in [-0.25, -0.2) is 27.7 Å². The van der Waals surface area contributed by atoms with Gasteiger partial charge >= 0.3 is 0 Å². The number of piperidine rings is 1. The number of fused-ring (bicyclic) bond motifs is 1. The van der Waals surface area contributed by atoms with E-state index in [0.717, 1.165) is 0 Å². The predicted molar refractivity (Wildman–Crippen MR) is 128 cm³/mol. The summed E-state index contributed by atoms with van der Waals surface area (Å²) in [5, 5.41) is 4.96. The van der Waals surface area contributed by atoms with E-state index in [2.05, 4.69) is 15.1 Å². The molecule has 35 heavy (non-hydrogen) atoms. The number of carbonyl (C=O) groups excluding carboxylic acids is 1. The van der Waals surface area contributed by atoms with Crippen molar-refractivity contribution in [1.29, 1.82) is 0 Å². The highest BCUT2D eigenvalue weighted by molar-refractivity contribution is 7.88. The molecule has 0 unspecified atom stereocenters. The van der Waals surface area contributed by atoms with Gasteiger partial charge in [-0.2, -0.15) is 14.8 Å². The molecule has 2 aliphatic rings. The highest BCUT2D eigenvalue weighted by Crippen LogP contribution is 2.29. The van der Waals surface area contributed by atoms with Crippen molar-refractivity contribution in [2.24, 2.45) is 5.92 Å². The number of rotatable bonds is 5. The van der Waals surface area contributed by atoms with Crippen LogP contribution < -0.4 is 10.6 Å². The van der Waals surface area contributed by atoms with Crippen molar-refractivity contribution in [3.8, 4) is 11.3 Å². The van der Waals surface area contributed by atoms with Crippen molar-refractivity contribution < 1.29 is 17.9 Å². The van der Waals surface area contributed by atoms with Crippen molar-refractivity contribution in [2.45, 2.75) is 19.3 Å². The number of aromatic nitrogens is 6. The number of hydrogen-bond donors (Lipinski definition) is 1. The largest absolute Gasteiger partial charge is 0.378 e. The van der Waals surface area contributed by atoms with Crippen LogP contribution in [0.25, 0.3) is 22.3 Å². The Labute approximate surface area is 202 Å². The first-order valence-electron chi connectivity index (χ1n) is 11.4. The predicted octanol–water partition coefficient (Wildman–Crippen LogP) is 0.404.